The molecule has 1 amide bonds. The Morgan fingerprint density at radius 3 is 2.63 bits per heavy atom. The maximum absolute atomic E-state index is 12.3. The minimum atomic E-state index is -3.64. The number of carbonyl (C=O) groups is 1. The molecule has 0 saturated heterocycles. The van der Waals surface area contributed by atoms with Crippen LogP contribution in [0, 0.1) is 0 Å². The second-order valence-corrected chi connectivity index (χ2v) is 9.25. The van der Waals surface area contributed by atoms with Gasteiger partial charge in [-0.1, -0.05) is 58.7 Å². The van der Waals surface area contributed by atoms with Crippen LogP contribution in [0.25, 0.3) is 11.4 Å². The van der Waals surface area contributed by atoms with Crippen LogP contribution in [-0.4, -0.2) is 41.6 Å². The number of sulfonamides is 1. The number of hydrogen-bond donors (Lipinski definition) is 1. The zero-order chi connectivity index (χ0) is 21.7. The lowest BCUT2D eigenvalue weighted by Crippen LogP contribution is -2.39. The quantitative estimate of drug-likeness (QED) is 0.544. The average molecular weight is 469 g/mol. The highest BCUT2D eigenvalue weighted by atomic mass is 35.5. The fourth-order valence-electron chi connectivity index (χ4n) is 2.57. The van der Waals surface area contributed by atoms with Crippen LogP contribution in [0.5, 0.6) is 0 Å². The normalized spacial score (nSPS) is 11.6. The summed E-state index contributed by atoms with van der Waals surface area (Å²) in [4.78, 5) is 16.5. The van der Waals surface area contributed by atoms with Crippen molar-refractivity contribution in [2.24, 2.45) is 0 Å². The maximum atomic E-state index is 12.3. The first-order valence-corrected chi connectivity index (χ1v) is 11.4. The lowest BCUT2D eigenvalue weighted by atomic mass is 10.2. The first kappa shape index (κ1) is 22.2. The average Bonchev–Trinajstić information content (AvgIpc) is 3.16. The number of nitrogens with zero attached hydrogens (tertiary/aromatic N) is 3. The molecule has 0 bridgehead atoms. The number of rotatable bonds is 8. The summed E-state index contributed by atoms with van der Waals surface area (Å²) >= 11 is 12.1. The fourth-order valence-corrected chi connectivity index (χ4v) is 3.68. The second-order valence-electron chi connectivity index (χ2n) is 6.42. The largest absolute Gasteiger partial charge is 0.346 e. The summed E-state index contributed by atoms with van der Waals surface area (Å²) in [5.41, 5.74) is 1.27. The highest BCUT2D eigenvalue weighted by molar-refractivity contribution is 7.88. The standard InChI is InChI=1S/C19H18Cl2N4O4S/c1-30(27,28)25(11-14-5-2-3-8-16(14)21)12-17(26)22-10-18-23-19(24-29-18)13-6-4-7-15(20)9-13/h2-9H,10-12H2,1H3,(H,22,26). The number of nitrogens with one attached hydrogen (secondary N) is 1. The van der Waals surface area contributed by atoms with Crippen LogP contribution >= 0.6 is 23.2 Å². The van der Waals surface area contributed by atoms with Gasteiger partial charge in [0, 0.05) is 22.2 Å². The fraction of sp³-hybridized carbons (Fsp3) is 0.211. The van der Waals surface area contributed by atoms with Gasteiger partial charge in [0.1, 0.15) is 0 Å². The third kappa shape index (κ3) is 6.02. The Bertz CT molecular complexity index is 1150. The molecule has 1 N–H and O–H groups in total. The number of carbonyl (C=O) groups excluding carboxylic acids is 1. The third-order valence-electron chi connectivity index (χ3n) is 4.08. The molecule has 0 aliphatic heterocycles. The molecule has 3 rings (SSSR count). The summed E-state index contributed by atoms with van der Waals surface area (Å²) in [7, 11) is -3.64. The molecule has 0 fully saturated rings. The molecule has 0 unspecified atom stereocenters. The predicted octanol–water partition coefficient (Wildman–Crippen LogP) is 3.12. The van der Waals surface area contributed by atoms with Crippen molar-refractivity contribution >= 4 is 39.1 Å². The number of halogens is 2. The Morgan fingerprint density at radius 2 is 1.93 bits per heavy atom. The Kier molecular flexibility index (Phi) is 7.09. The van der Waals surface area contributed by atoms with Crippen LogP contribution in [0.3, 0.4) is 0 Å². The van der Waals surface area contributed by atoms with Crippen LogP contribution in [0.1, 0.15) is 11.5 Å². The van der Waals surface area contributed by atoms with E-state index in [2.05, 4.69) is 15.5 Å². The van der Waals surface area contributed by atoms with Gasteiger partial charge in [0.05, 0.1) is 19.3 Å². The van der Waals surface area contributed by atoms with Gasteiger partial charge >= 0.3 is 0 Å². The molecule has 0 aliphatic carbocycles. The van der Waals surface area contributed by atoms with Crippen LogP contribution in [0.2, 0.25) is 10.0 Å². The summed E-state index contributed by atoms with van der Waals surface area (Å²) in [5, 5.41) is 7.39. The first-order chi connectivity index (χ1) is 14.2. The predicted molar refractivity (Wildman–Crippen MR) is 113 cm³/mol. The van der Waals surface area contributed by atoms with E-state index in [1.807, 2.05) is 0 Å². The molecule has 158 valence electrons. The van der Waals surface area contributed by atoms with E-state index >= 15 is 0 Å². The molecule has 0 saturated carbocycles. The topological polar surface area (TPSA) is 105 Å². The van der Waals surface area contributed by atoms with Gasteiger partial charge in [-0.2, -0.15) is 9.29 Å². The minimum Gasteiger partial charge on any atom is -0.346 e. The molecule has 0 spiro atoms. The summed E-state index contributed by atoms with van der Waals surface area (Å²) in [6.07, 6.45) is 1.03. The van der Waals surface area contributed by atoms with Gasteiger partial charge in [-0.25, -0.2) is 8.42 Å². The van der Waals surface area contributed by atoms with Crippen molar-refractivity contribution in [3.05, 3.63) is 70.0 Å². The highest BCUT2D eigenvalue weighted by Crippen LogP contribution is 2.20. The van der Waals surface area contributed by atoms with Gasteiger partial charge in [-0.15, -0.1) is 0 Å². The lowest BCUT2D eigenvalue weighted by molar-refractivity contribution is -0.121. The summed E-state index contributed by atoms with van der Waals surface area (Å²) < 4.78 is 30.4. The van der Waals surface area contributed by atoms with Gasteiger partial charge in [-0.05, 0) is 23.8 Å². The second kappa shape index (κ2) is 9.57. The molecule has 0 radical (unpaired) electrons. The molecule has 1 aromatic heterocycles. The third-order valence-corrected chi connectivity index (χ3v) is 5.88. The van der Waals surface area contributed by atoms with E-state index < -0.39 is 15.9 Å². The number of hydrogen-bond acceptors (Lipinski definition) is 6. The SMILES string of the molecule is CS(=O)(=O)N(CC(=O)NCc1nc(-c2cccc(Cl)c2)no1)Cc1ccccc1Cl. The van der Waals surface area contributed by atoms with Crippen molar-refractivity contribution in [2.75, 3.05) is 12.8 Å². The van der Waals surface area contributed by atoms with Crippen molar-refractivity contribution in [3.8, 4) is 11.4 Å². The molecule has 30 heavy (non-hydrogen) atoms. The molecule has 1 heterocycles. The lowest BCUT2D eigenvalue weighted by Gasteiger charge is -2.20. The molecule has 0 aliphatic rings. The van der Waals surface area contributed by atoms with Crippen LogP contribution in [-0.2, 0) is 27.9 Å². The number of aromatic nitrogens is 2. The van der Waals surface area contributed by atoms with E-state index in [9.17, 15) is 13.2 Å². The van der Waals surface area contributed by atoms with Gasteiger partial charge in [0.2, 0.25) is 27.6 Å². The van der Waals surface area contributed by atoms with Gasteiger partial charge in [0.25, 0.3) is 0 Å². The molecule has 0 atom stereocenters. The van der Waals surface area contributed by atoms with Crippen LogP contribution < -0.4 is 5.32 Å². The zero-order valence-corrected chi connectivity index (χ0v) is 18.2. The monoisotopic (exact) mass is 468 g/mol. The Balaban J connectivity index is 1.62. The summed E-state index contributed by atoms with van der Waals surface area (Å²) in [5.74, 6) is -0.0106. The van der Waals surface area contributed by atoms with E-state index in [1.54, 1.807) is 48.5 Å². The first-order valence-electron chi connectivity index (χ1n) is 8.76. The van der Waals surface area contributed by atoms with Gasteiger partial charge < -0.3 is 9.84 Å². The van der Waals surface area contributed by atoms with Crippen molar-refractivity contribution < 1.29 is 17.7 Å². The van der Waals surface area contributed by atoms with Crippen molar-refractivity contribution in [3.63, 3.8) is 0 Å². The Labute approximate surface area is 183 Å². The molecule has 3 aromatic rings. The smallest absolute Gasteiger partial charge is 0.246 e. The summed E-state index contributed by atoms with van der Waals surface area (Å²) in [6.45, 7) is -0.444. The maximum Gasteiger partial charge on any atom is 0.246 e. The molecule has 2 aromatic carbocycles. The van der Waals surface area contributed by atoms with Gasteiger partial charge in [0.15, 0.2) is 0 Å². The van der Waals surface area contributed by atoms with Gasteiger partial charge in [-0.3, -0.25) is 4.79 Å². The van der Waals surface area contributed by atoms with Crippen molar-refractivity contribution in [2.45, 2.75) is 13.1 Å². The van der Waals surface area contributed by atoms with Crippen molar-refractivity contribution in [1.82, 2.24) is 19.8 Å². The van der Waals surface area contributed by atoms with E-state index in [4.69, 9.17) is 27.7 Å². The molecular formula is C19H18Cl2N4O4S. The van der Waals surface area contributed by atoms with Crippen molar-refractivity contribution in [1.29, 1.82) is 0 Å². The molecule has 8 nitrogen and oxygen atoms in total. The van der Waals surface area contributed by atoms with E-state index in [-0.39, 0.29) is 25.5 Å². The Hall–Kier alpha value is -2.46. The minimum absolute atomic E-state index is 0.0224. The zero-order valence-electron chi connectivity index (χ0n) is 15.9. The number of benzene rings is 2. The Morgan fingerprint density at radius 1 is 1.17 bits per heavy atom. The highest BCUT2D eigenvalue weighted by Gasteiger charge is 2.22. The summed E-state index contributed by atoms with van der Waals surface area (Å²) in [6, 6.07) is 13.8. The van der Waals surface area contributed by atoms with E-state index in [0.717, 1.165) is 10.6 Å². The van der Waals surface area contributed by atoms with Crippen LogP contribution in [0.4, 0.5) is 0 Å². The molecule has 11 heteroatoms. The van der Waals surface area contributed by atoms with Crippen LogP contribution in [0.15, 0.2) is 53.1 Å². The molecular weight excluding hydrogens is 451 g/mol. The number of amides is 1. The van der Waals surface area contributed by atoms with E-state index in [0.29, 0.717) is 27.0 Å². The van der Waals surface area contributed by atoms with E-state index in [1.165, 1.54) is 0 Å².